The molecule has 0 radical (unpaired) electrons. The van der Waals surface area contributed by atoms with E-state index in [4.69, 9.17) is 0 Å². The number of hydrogen-bond donors (Lipinski definition) is 0. The normalized spacial score (nSPS) is 8.31. The maximum absolute atomic E-state index is 10.0. The van der Waals surface area contributed by atoms with Crippen molar-refractivity contribution in [2.45, 2.75) is 48.0 Å². The van der Waals surface area contributed by atoms with Gasteiger partial charge in [-0.15, -0.1) is 0 Å². The van der Waals surface area contributed by atoms with Crippen LogP contribution < -0.4 is 0 Å². The van der Waals surface area contributed by atoms with Crippen LogP contribution in [0, 0.1) is 0 Å². The third-order valence-corrected chi connectivity index (χ3v) is 1.00. The molecular formula is C11H22O2. The van der Waals surface area contributed by atoms with Crippen LogP contribution >= 0.6 is 0 Å². The van der Waals surface area contributed by atoms with E-state index < -0.39 is 0 Å². The van der Waals surface area contributed by atoms with Gasteiger partial charge in [0.2, 0.25) is 0 Å². The molecule has 0 aliphatic heterocycles. The molecule has 0 spiro atoms. The van der Waals surface area contributed by atoms with Crippen LogP contribution in [0.5, 0.6) is 0 Å². The Bertz CT molecular complexity index is 157. The summed E-state index contributed by atoms with van der Waals surface area (Å²) in [5.74, 6) is 0.398. The van der Waals surface area contributed by atoms with E-state index in [9.17, 15) is 9.59 Å². The Morgan fingerprint density at radius 3 is 1.69 bits per heavy atom. The predicted octanol–water partition coefficient (Wildman–Crippen LogP) is 3.16. The highest BCUT2D eigenvalue weighted by Gasteiger charge is 1.83. The summed E-state index contributed by atoms with van der Waals surface area (Å²) in [5, 5.41) is 0. The fourth-order valence-corrected chi connectivity index (χ4v) is 0.587. The van der Waals surface area contributed by atoms with Gasteiger partial charge in [-0.3, -0.25) is 4.79 Å². The molecule has 0 fully saturated rings. The standard InChI is InChI=1S/C5H10O.C5H8O.CH4/c2*1-3-4-5(2)6;/h3-4H2,1-2H3;3-4H,1-2H3;1H4/b;4-3+;. The van der Waals surface area contributed by atoms with Crippen molar-refractivity contribution in [1.82, 2.24) is 0 Å². The molecular weight excluding hydrogens is 164 g/mol. The second-order valence-electron chi connectivity index (χ2n) is 2.56. The van der Waals surface area contributed by atoms with Gasteiger partial charge in [-0.05, 0) is 33.3 Å². The molecule has 0 saturated heterocycles. The van der Waals surface area contributed by atoms with Crippen LogP contribution in [-0.2, 0) is 9.59 Å². The first-order chi connectivity index (χ1) is 5.54. The van der Waals surface area contributed by atoms with Gasteiger partial charge in [-0.1, -0.05) is 20.4 Å². The predicted molar refractivity (Wildman–Crippen MR) is 57.8 cm³/mol. The number of allylic oxidation sites excluding steroid dienone is 2. The lowest BCUT2D eigenvalue weighted by Crippen LogP contribution is -1.84. The molecule has 0 aromatic rings. The molecule has 0 bridgehead atoms. The van der Waals surface area contributed by atoms with E-state index in [0.717, 1.165) is 12.8 Å². The SMILES string of the molecule is C.C/C=C/C(C)=O.CCCC(C)=O. The minimum absolute atomic E-state index is 0. The summed E-state index contributed by atoms with van der Waals surface area (Å²) in [4.78, 5) is 20.0. The van der Waals surface area contributed by atoms with Gasteiger partial charge in [0.1, 0.15) is 5.78 Å². The first-order valence-electron chi connectivity index (χ1n) is 4.17. The molecule has 0 amide bonds. The van der Waals surface area contributed by atoms with E-state index in [0.29, 0.717) is 0 Å². The van der Waals surface area contributed by atoms with Crippen molar-refractivity contribution >= 4 is 11.6 Å². The Morgan fingerprint density at radius 2 is 1.69 bits per heavy atom. The summed E-state index contributed by atoms with van der Waals surface area (Å²) in [6.07, 6.45) is 4.97. The first-order valence-corrected chi connectivity index (χ1v) is 4.17. The van der Waals surface area contributed by atoms with Crippen molar-refractivity contribution in [3.05, 3.63) is 12.2 Å². The lowest BCUT2D eigenvalue weighted by atomic mass is 10.3. The molecule has 2 heteroatoms. The molecule has 13 heavy (non-hydrogen) atoms. The van der Waals surface area contributed by atoms with E-state index in [1.165, 1.54) is 13.0 Å². The minimum atomic E-state index is 0. The fourth-order valence-electron chi connectivity index (χ4n) is 0.587. The van der Waals surface area contributed by atoms with Gasteiger partial charge in [-0.25, -0.2) is 0 Å². The smallest absolute Gasteiger partial charge is 0.152 e. The maximum atomic E-state index is 10.0. The lowest BCUT2D eigenvalue weighted by Gasteiger charge is -1.80. The summed E-state index contributed by atoms with van der Waals surface area (Å²) < 4.78 is 0. The van der Waals surface area contributed by atoms with E-state index in [2.05, 4.69) is 0 Å². The van der Waals surface area contributed by atoms with Crippen LogP contribution in [0.25, 0.3) is 0 Å². The fraction of sp³-hybridized carbons (Fsp3) is 0.636. The topological polar surface area (TPSA) is 34.1 Å². The molecule has 0 aromatic heterocycles. The van der Waals surface area contributed by atoms with Gasteiger partial charge >= 0.3 is 0 Å². The van der Waals surface area contributed by atoms with Crippen LogP contribution in [-0.4, -0.2) is 11.6 Å². The van der Waals surface area contributed by atoms with Gasteiger partial charge in [0.05, 0.1) is 0 Å². The Labute approximate surface area is 82.0 Å². The van der Waals surface area contributed by atoms with Gasteiger partial charge in [0, 0.05) is 6.42 Å². The average molecular weight is 186 g/mol. The average Bonchev–Trinajstić information content (AvgIpc) is 1.87. The quantitative estimate of drug-likeness (QED) is 0.634. The molecule has 0 heterocycles. The highest BCUT2D eigenvalue weighted by atomic mass is 16.1. The van der Waals surface area contributed by atoms with E-state index >= 15 is 0 Å². The van der Waals surface area contributed by atoms with Crippen molar-refractivity contribution in [2.24, 2.45) is 0 Å². The zero-order valence-corrected chi connectivity index (χ0v) is 8.39. The number of Topliss-reactive ketones (excluding diaryl/α,β-unsaturated/α-hetero) is 1. The summed E-state index contributed by atoms with van der Waals surface area (Å²) in [6, 6.07) is 0. The maximum Gasteiger partial charge on any atom is 0.152 e. The van der Waals surface area contributed by atoms with Crippen LogP contribution in [0.1, 0.15) is 48.0 Å². The van der Waals surface area contributed by atoms with Crippen LogP contribution in [0.3, 0.4) is 0 Å². The first kappa shape index (κ1) is 18.0. The number of carbonyl (C=O) groups excluding carboxylic acids is 2. The number of ketones is 2. The zero-order chi connectivity index (χ0) is 9.98. The summed E-state index contributed by atoms with van der Waals surface area (Å²) in [7, 11) is 0. The molecule has 0 aliphatic rings. The number of rotatable bonds is 3. The van der Waals surface area contributed by atoms with Gasteiger partial charge in [0.15, 0.2) is 5.78 Å². The third kappa shape index (κ3) is 35.4. The highest BCUT2D eigenvalue weighted by Crippen LogP contribution is 1.84. The van der Waals surface area contributed by atoms with Crippen molar-refractivity contribution in [3.63, 3.8) is 0 Å². The summed E-state index contributed by atoms with van der Waals surface area (Å²) >= 11 is 0. The zero-order valence-electron chi connectivity index (χ0n) is 8.39. The summed E-state index contributed by atoms with van der Waals surface area (Å²) in [6.45, 7) is 6.96. The second-order valence-corrected chi connectivity index (χ2v) is 2.56. The molecule has 2 nitrogen and oxygen atoms in total. The second kappa shape index (κ2) is 13.7. The van der Waals surface area contributed by atoms with E-state index in [1.807, 2.05) is 13.8 Å². The van der Waals surface area contributed by atoms with Crippen molar-refractivity contribution in [1.29, 1.82) is 0 Å². The van der Waals surface area contributed by atoms with Gasteiger partial charge < -0.3 is 4.79 Å². The van der Waals surface area contributed by atoms with E-state index in [1.54, 1.807) is 13.0 Å². The third-order valence-electron chi connectivity index (χ3n) is 1.00. The Balaban J connectivity index is -0.000000143. The van der Waals surface area contributed by atoms with Crippen LogP contribution in [0.2, 0.25) is 0 Å². The van der Waals surface area contributed by atoms with Crippen molar-refractivity contribution < 1.29 is 9.59 Å². The number of hydrogen-bond acceptors (Lipinski definition) is 2. The number of carbonyl (C=O) groups is 2. The van der Waals surface area contributed by atoms with Crippen molar-refractivity contribution in [3.8, 4) is 0 Å². The Kier molecular flexibility index (Phi) is 18.9. The molecule has 0 aliphatic carbocycles. The largest absolute Gasteiger partial charge is 0.300 e. The Morgan fingerprint density at radius 1 is 1.23 bits per heavy atom. The lowest BCUT2D eigenvalue weighted by molar-refractivity contribution is -0.117. The Hall–Kier alpha value is -0.920. The molecule has 78 valence electrons. The molecule has 0 unspecified atom stereocenters. The molecule has 0 aromatic carbocycles. The van der Waals surface area contributed by atoms with Crippen LogP contribution in [0.4, 0.5) is 0 Å². The van der Waals surface area contributed by atoms with Gasteiger partial charge in [0.25, 0.3) is 0 Å². The molecule has 0 atom stereocenters. The molecule has 0 N–H and O–H groups in total. The minimum Gasteiger partial charge on any atom is -0.300 e. The van der Waals surface area contributed by atoms with Gasteiger partial charge in [-0.2, -0.15) is 0 Å². The van der Waals surface area contributed by atoms with Crippen molar-refractivity contribution in [2.75, 3.05) is 0 Å². The molecule has 0 rings (SSSR count). The highest BCUT2D eigenvalue weighted by molar-refractivity contribution is 5.87. The van der Waals surface area contributed by atoms with E-state index in [-0.39, 0.29) is 19.0 Å². The molecule has 0 saturated carbocycles. The monoisotopic (exact) mass is 186 g/mol. The summed E-state index contributed by atoms with van der Waals surface area (Å²) in [5.41, 5.74) is 0. The van der Waals surface area contributed by atoms with Crippen LogP contribution in [0.15, 0.2) is 12.2 Å².